The smallest absolute Gasteiger partial charge is 0.253 e. The molecule has 3 fully saturated rings. The van der Waals surface area contributed by atoms with Crippen LogP contribution in [0.5, 0.6) is 0 Å². The fraction of sp³-hybridized carbons (Fsp3) is 0.652. The van der Waals surface area contributed by atoms with Crippen molar-refractivity contribution < 1.29 is 4.79 Å². The molecule has 4 atom stereocenters. The zero-order chi connectivity index (χ0) is 20.1. The van der Waals surface area contributed by atoms with E-state index in [-0.39, 0.29) is 5.91 Å². The Hall–Kier alpha value is -1.66. The Kier molecular flexibility index (Phi) is 5.03. The summed E-state index contributed by atoms with van der Waals surface area (Å²) in [6, 6.07) is 5.34. The molecule has 1 aromatic carbocycles. The van der Waals surface area contributed by atoms with E-state index in [9.17, 15) is 4.79 Å². The van der Waals surface area contributed by atoms with Crippen LogP contribution in [0.3, 0.4) is 0 Å². The zero-order valence-corrected chi connectivity index (χ0v) is 18.4. The zero-order valence-electron chi connectivity index (χ0n) is 17.6. The summed E-state index contributed by atoms with van der Waals surface area (Å²) in [4.78, 5) is 22.9. The largest absolute Gasteiger partial charge is 0.375 e. The molecule has 3 aliphatic heterocycles. The van der Waals surface area contributed by atoms with Gasteiger partial charge in [0.1, 0.15) is 0 Å². The molecular formula is C23H32N4OS. The number of nitrogens with zero attached hydrogens (tertiary/aromatic N) is 3. The van der Waals surface area contributed by atoms with Crippen molar-refractivity contribution in [1.82, 2.24) is 14.8 Å². The van der Waals surface area contributed by atoms with Gasteiger partial charge in [-0.15, -0.1) is 0 Å². The van der Waals surface area contributed by atoms with E-state index in [4.69, 9.17) is 5.73 Å². The van der Waals surface area contributed by atoms with Gasteiger partial charge in [0, 0.05) is 30.7 Å². The van der Waals surface area contributed by atoms with Gasteiger partial charge in [-0.1, -0.05) is 31.1 Å². The van der Waals surface area contributed by atoms with Crippen molar-refractivity contribution >= 4 is 32.6 Å². The van der Waals surface area contributed by atoms with E-state index in [0.717, 1.165) is 34.4 Å². The van der Waals surface area contributed by atoms with Gasteiger partial charge < -0.3 is 10.6 Å². The molecule has 3 aliphatic rings. The maximum atomic E-state index is 13.5. The minimum absolute atomic E-state index is 0.191. The molecule has 29 heavy (non-hydrogen) atoms. The van der Waals surface area contributed by atoms with Gasteiger partial charge in [0.25, 0.3) is 5.91 Å². The number of aryl methyl sites for hydroxylation is 1. The van der Waals surface area contributed by atoms with Gasteiger partial charge in [0.05, 0.1) is 10.2 Å². The summed E-state index contributed by atoms with van der Waals surface area (Å²) in [5.41, 5.74) is 8.67. The molecule has 0 aliphatic carbocycles. The maximum absolute atomic E-state index is 13.5. The standard InChI is InChI=1S/C23H32N4OS/c1-3-6-18-16-10-17(19-7-4-5-8-27(18)19)13-26(12-16)22(28)15-9-14(2)21-20(11-15)29-23(24)25-21/h9,11,16-19H,3-8,10,12-13H2,1-2H3,(H2,24,25)/t16-,17+,18-,19-/m0/s1. The number of nitrogen functional groups attached to an aromatic ring is 1. The van der Waals surface area contributed by atoms with E-state index in [0.29, 0.717) is 29.1 Å². The number of aromatic nitrogens is 1. The predicted octanol–water partition coefficient (Wildman–Crippen LogP) is 4.30. The summed E-state index contributed by atoms with van der Waals surface area (Å²) in [5.74, 6) is 1.45. The van der Waals surface area contributed by atoms with Gasteiger partial charge in [-0.05, 0) is 68.7 Å². The molecule has 156 valence electrons. The van der Waals surface area contributed by atoms with Crippen molar-refractivity contribution in [2.75, 3.05) is 25.4 Å². The summed E-state index contributed by atoms with van der Waals surface area (Å²) < 4.78 is 1.02. The highest BCUT2D eigenvalue weighted by atomic mass is 32.1. The Morgan fingerprint density at radius 2 is 2.10 bits per heavy atom. The van der Waals surface area contributed by atoms with Crippen molar-refractivity contribution in [2.24, 2.45) is 11.8 Å². The fourth-order valence-electron chi connectivity index (χ4n) is 6.29. The summed E-state index contributed by atoms with van der Waals surface area (Å²) in [7, 11) is 0. The maximum Gasteiger partial charge on any atom is 0.253 e. The first kappa shape index (κ1) is 19.3. The van der Waals surface area contributed by atoms with Crippen LogP contribution < -0.4 is 5.73 Å². The van der Waals surface area contributed by atoms with Gasteiger partial charge in [-0.3, -0.25) is 9.69 Å². The second-order valence-electron chi connectivity index (χ2n) is 9.31. The fourth-order valence-corrected chi connectivity index (χ4v) is 7.14. The molecule has 2 aromatic rings. The molecule has 0 spiro atoms. The third-order valence-electron chi connectivity index (χ3n) is 7.44. The van der Waals surface area contributed by atoms with E-state index in [1.807, 2.05) is 19.1 Å². The first-order chi connectivity index (χ1) is 14.0. The minimum Gasteiger partial charge on any atom is -0.375 e. The Morgan fingerprint density at radius 1 is 1.28 bits per heavy atom. The summed E-state index contributed by atoms with van der Waals surface area (Å²) in [6.07, 6.45) is 7.80. The van der Waals surface area contributed by atoms with E-state index in [2.05, 4.69) is 21.7 Å². The Morgan fingerprint density at radius 3 is 2.93 bits per heavy atom. The molecule has 4 heterocycles. The number of amides is 1. The lowest BCUT2D eigenvalue weighted by molar-refractivity contribution is -0.0670. The van der Waals surface area contributed by atoms with Crippen LogP contribution in [0, 0.1) is 18.8 Å². The SMILES string of the molecule is CCC[C@H]1[C@H]2C[C@H](CN(C(=O)c3cc(C)c4nc(N)sc4c3)C2)[C@@H]2CCCCN21. The summed E-state index contributed by atoms with van der Waals surface area (Å²) >= 11 is 1.47. The number of benzene rings is 1. The minimum atomic E-state index is 0.191. The normalized spacial score (nSPS) is 29.8. The van der Waals surface area contributed by atoms with Gasteiger partial charge >= 0.3 is 0 Å². The number of nitrogens with two attached hydrogens (primary N) is 1. The number of rotatable bonds is 3. The molecule has 1 amide bonds. The van der Waals surface area contributed by atoms with Crippen LogP contribution in [-0.2, 0) is 0 Å². The average Bonchev–Trinajstić information content (AvgIpc) is 3.11. The monoisotopic (exact) mass is 412 g/mol. The Labute approximate surface area is 177 Å². The number of carbonyl (C=O) groups excluding carboxylic acids is 1. The molecular weight excluding hydrogens is 380 g/mol. The topological polar surface area (TPSA) is 62.5 Å². The highest BCUT2D eigenvalue weighted by Crippen LogP contribution is 2.43. The van der Waals surface area contributed by atoms with Crippen LogP contribution in [0.1, 0.15) is 61.4 Å². The van der Waals surface area contributed by atoms with Crippen LogP contribution in [0.4, 0.5) is 5.13 Å². The number of fused-ring (bicyclic) bond motifs is 5. The van der Waals surface area contributed by atoms with Crippen LogP contribution in [0.15, 0.2) is 12.1 Å². The average molecular weight is 413 g/mol. The second-order valence-corrected chi connectivity index (χ2v) is 10.4. The lowest BCUT2D eigenvalue weighted by Gasteiger charge is -2.57. The molecule has 0 saturated carbocycles. The number of piperidine rings is 3. The van der Waals surface area contributed by atoms with E-state index in [1.165, 1.54) is 56.4 Å². The molecule has 2 N–H and O–H groups in total. The number of carbonyl (C=O) groups is 1. The predicted molar refractivity (Wildman–Crippen MR) is 119 cm³/mol. The van der Waals surface area contributed by atoms with E-state index >= 15 is 0 Å². The van der Waals surface area contributed by atoms with Gasteiger partial charge in [0.2, 0.25) is 0 Å². The first-order valence-electron chi connectivity index (χ1n) is 11.3. The van der Waals surface area contributed by atoms with Crippen LogP contribution in [0.2, 0.25) is 0 Å². The van der Waals surface area contributed by atoms with Crippen LogP contribution in [-0.4, -0.2) is 52.4 Å². The lowest BCUT2D eigenvalue weighted by Crippen LogP contribution is -2.64. The van der Waals surface area contributed by atoms with E-state index in [1.54, 1.807) is 0 Å². The third-order valence-corrected chi connectivity index (χ3v) is 8.27. The number of anilines is 1. The molecule has 5 rings (SSSR count). The lowest BCUT2D eigenvalue weighted by atomic mass is 9.71. The highest BCUT2D eigenvalue weighted by Gasteiger charge is 2.47. The van der Waals surface area contributed by atoms with Crippen LogP contribution in [0.25, 0.3) is 10.2 Å². The Bertz CT molecular complexity index is 925. The van der Waals surface area contributed by atoms with Crippen molar-refractivity contribution in [2.45, 2.75) is 64.5 Å². The number of likely N-dealkylation sites (tertiary alicyclic amines) is 1. The molecule has 0 radical (unpaired) electrons. The van der Waals surface area contributed by atoms with Gasteiger partial charge in [-0.2, -0.15) is 0 Å². The van der Waals surface area contributed by atoms with Crippen molar-refractivity contribution in [1.29, 1.82) is 0 Å². The summed E-state index contributed by atoms with van der Waals surface area (Å²) in [5, 5.41) is 0.569. The number of hydrogen-bond acceptors (Lipinski definition) is 5. The quantitative estimate of drug-likeness (QED) is 0.816. The molecule has 0 unspecified atom stereocenters. The molecule has 1 aromatic heterocycles. The molecule has 5 nitrogen and oxygen atoms in total. The first-order valence-corrected chi connectivity index (χ1v) is 12.1. The van der Waals surface area contributed by atoms with Crippen molar-refractivity contribution in [3.05, 3.63) is 23.3 Å². The Balaban J connectivity index is 1.43. The third kappa shape index (κ3) is 3.34. The van der Waals surface area contributed by atoms with E-state index < -0.39 is 0 Å². The van der Waals surface area contributed by atoms with Crippen molar-refractivity contribution in [3.8, 4) is 0 Å². The van der Waals surface area contributed by atoms with Crippen molar-refractivity contribution in [3.63, 3.8) is 0 Å². The second kappa shape index (κ2) is 7.55. The molecule has 2 bridgehead atoms. The highest BCUT2D eigenvalue weighted by molar-refractivity contribution is 7.22. The number of hydrogen-bond donors (Lipinski definition) is 1. The van der Waals surface area contributed by atoms with Gasteiger partial charge in [0.15, 0.2) is 5.13 Å². The van der Waals surface area contributed by atoms with Gasteiger partial charge in [-0.25, -0.2) is 4.98 Å². The van der Waals surface area contributed by atoms with Crippen LogP contribution >= 0.6 is 11.3 Å². The molecule has 6 heteroatoms. The molecule has 3 saturated heterocycles. The number of thiazole rings is 1. The summed E-state index contributed by atoms with van der Waals surface area (Å²) in [6.45, 7) is 7.41.